The van der Waals surface area contributed by atoms with Crippen LogP contribution >= 0.6 is 12.4 Å². The Kier molecular flexibility index (Phi) is 8.70. The van der Waals surface area contributed by atoms with Crippen molar-refractivity contribution in [3.05, 3.63) is 59.9 Å². The summed E-state index contributed by atoms with van der Waals surface area (Å²) in [5.74, 6) is 0.479. The van der Waals surface area contributed by atoms with Crippen molar-refractivity contribution in [2.24, 2.45) is 5.73 Å². The van der Waals surface area contributed by atoms with Crippen LogP contribution in [0.25, 0.3) is 0 Å². The third-order valence-corrected chi connectivity index (χ3v) is 4.72. The maximum atomic E-state index is 13.1. The van der Waals surface area contributed by atoms with Crippen LogP contribution in [-0.2, 0) is 11.3 Å². The fourth-order valence-electron chi connectivity index (χ4n) is 3.34. The number of amides is 1. The summed E-state index contributed by atoms with van der Waals surface area (Å²) in [7, 11) is 0. The maximum Gasteiger partial charge on any atom is 0.241 e. The van der Waals surface area contributed by atoms with E-state index in [1.807, 2.05) is 24.3 Å². The van der Waals surface area contributed by atoms with E-state index in [2.05, 4.69) is 10.2 Å². The Balaban J connectivity index is 0.00000280. The summed E-state index contributed by atoms with van der Waals surface area (Å²) in [4.78, 5) is 15.0. The summed E-state index contributed by atoms with van der Waals surface area (Å²) >= 11 is 0. The van der Waals surface area contributed by atoms with Crippen LogP contribution in [0.5, 0.6) is 5.75 Å². The molecule has 1 atom stereocenters. The number of likely N-dealkylation sites (tertiary alicyclic amines) is 1. The lowest BCUT2D eigenvalue weighted by Crippen LogP contribution is -2.46. The molecule has 1 fully saturated rings. The molecule has 28 heavy (non-hydrogen) atoms. The predicted molar refractivity (Wildman–Crippen MR) is 111 cm³/mol. The van der Waals surface area contributed by atoms with Gasteiger partial charge in [0.1, 0.15) is 18.2 Å². The van der Waals surface area contributed by atoms with Gasteiger partial charge in [-0.05, 0) is 61.3 Å². The number of carbonyl (C=O) groups is 1. The summed E-state index contributed by atoms with van der Waals surface area (Å²) in [6.07, 6.45) is 2.92. The lowest BCUT2D eigenvalue weighted by molar-refractivity contribution is -0.122. The van der Waals surface area contributed by atoms with E-state index in [0.29, 0.717) is 19.7 Å². The van der Waals surface area contributed by atoms with E-state index in [0.717, 1.165) is 42.8 Å². The van der Waals surface area contributed by atoms with Crippen LogP contribution in [0.1, 0.15) is 24.8 Å². The highest BCUT2D eigenvalue weighted by molar-refractivity contribution is 5.94. The molecule has 5 nitrogen and oxygen atoms in total. The molecule has 7 heteroatoms. The van der Waals surface area contributed by atoms with Crippen molar-refractivity contribution in [3.63, 3.8) is 0 Å². The van der Waals surface area contributed by atoms with Crippen molar-refractivity contribution in [2.75, 3.05) is 25.0 Å². The average Bonchev–Trinajstić information content (AvgIpc) is 2.69. The molecule has 0 aliphatic carbocycles. The number of piperidine rings is 1. The first-order chi connectivity index (χ1) is 13.2. The minimum absolute atomic E-state index is 0. The van der Waals surface area contributed by atoms with Gasteiger partial charge in [0, 0.05) is 18.8 Å². The van der Waals surface area contributed by atoms with Crippen molar-refractivity contribution in [2.45, 2.75) is 31.8 Å². The van der Waals surface area contributed by atoms with E-state index >= 15 is 0 Å². The van der Waals surface area contributed by atoms with Crippen molar-refractivity contribution in [3.8, 4) is 5.75 Å². The standard InChI is InChI=1S/C21H26FN3O2.ClH/c22-17-6-4-16(5-7-17)15-25-13-2-1-3-20(25)21(26)24-18-8-10-19(11-9-18)27-14-12-23;/h4-11,20H,1-3,12-15,23H2,(H,24,26);1H. The Morgan fingerprint density at radius 3 is 2.54 bits per heavy atom. The average molecular weight is 408 g/mol. The smallest absolute Gasteiger partial charge is 0.241 e. The number of halogens is 2. The van der Waals surface area contributed by atoms with Crippen LogP contribution in [0.3, 0.4) is 0 Å². The lowest BCUT2D eigenvalue weighted by Gasteiger charge is -2.34. The summed E-state index contributed by atoms with van der Waals surface area (Å²) in [6, 6.07) is 13.6. The minimum Gasteiger partial charge on any atom is -0.492 e. The molecule has 3 rings (SSSR count). The molecule has 152 valence electrons. The maximum absolute atomic E-state index is 13.1. The quantitative estimate of drug-likeness (QED) is 0.736. The highest BCUT2D eigenvalue weighted by atomic mass is 35.5. The second kappa shape index (κ2) is 11.0. The van der Waals surface area contributed by atoms with Crippen LogP contribution in [0.15, 0.2) is 48.5 Å². The molecule has 0 bridgehead atoms. The molecule has 0 radical (unpaired) electrons. The van der Waals surface area contributed by atoms with Crippen LogP contribution in [0.2, 0.25) is 0 Å². The molecule has 0 spiro atoms. The zero-order chi connectivity index (χ0) is 19.1. The van der Waals surface area contributed by atoms with Crippen molar-refractivity contribution < 1.29 is 13.9 Å². The molecule has 2 aromatic rings. The summed E-state index contributed by atoms with van der Waals surface area (Å²) in [6.45, 7) is 2.43. The fourth-order valence-corrected chi connectivity index (χ4v) is 3.34. The number of benzene rings is 2. The van der Waals surface area contributed by atoms with E-state index in [9.17, 15) is 9.18 Å². The van der Waals surface area contributed by atoms with E-state index in [1.54, 1.807) is 12.1 Å². The fraction of sp³-hybridized carbons (Fsp3) is 0.381. The lowest BCUT2D eigenvalue weighted by atomic mass is 10.00. The first-order valence-electron chi connectivity index (χ1n) is 9.38. The normalized spacial score (nSPS) is 16.9. The molecular weight excluding hydrogens is 381 g/mol. The molecule has 1 unspecified atom stereocenters. The molecule has 3 N–H and O–H groups in total. The zero-order valence-corrected chi connectivity index (χ0v) is 16.6. The van der Waals surface area contributed by atoms with Gasteiger partial charge in [0.2, 0.25) is 5.91 Å². The van der Waals surface area contributed by atoms with E-state index in [1.165, 1.54) is 12.1 Å². The van der Waals surface area contributed by atoms with Crippen LogP contribution in [0.4, 0.5) is 10.1 Å². The number of ether oxygens (including phenoxy) is 1. The third kappa shape index (κ3) is 6.19. The molecule has 1 amide bonds. The van der Waals surface area contributed by atoms with Crippen LogP contribution in [0, 0.1) is 5.82 Å². The Morgan fingerprint density at radius 1 is 1.14 bits per heavy atom. The number of hydrogen-bond donors (Lipinski definition) is 2. The largest absolute Gasteiger partial charge is 0.492 e. The van der Waals surface area contributed by atoms with Gasteiger partial charge in [-0.2, -0.15) is 0 Å². The minimum atomic E-state index is -0.245. The van der Waals surface area contributed by atoms with Gasteiger partial charge in [-0.25, -0.2) is 4.39 Å². The van der Waals surface area contributed by atoms with Gasteiger partial charge in [0.25, 0.3) is 0 Å². The van der Waals surface area contributed by atoms with Gasteiger partial charge in [0.15, 0.2) is 0 Å². The van der Waals surface area contributed by atoms with Gasteiger partial charge >= 0.3 is 0 Å². The Bertz CT molecular complexity index is 740. The molecule has 0 aromatic heterocycles. The Labute approximate surface area is 171 Å². The first-order valence-corrected chi connectivity index (χ1v) is 9.38. The highest BCUT2D eigenvalue weighted by Crippen LogP contribution is 2.22. The predicted octanol–water partition coefficient (Wildman–Crippen LogP) is 3.58. The summed E-state index contributed by atoms with van der Waals surface area (Å²) in [5, 5.41) is 3.00. The molecule has 1 heterocycles. The number of nitrogens with one attached hydrogen (secondary N) is 1. The second-order valence-electron chi connectivity index (χ2n) is 6.76. The number of nitrogens with two attached hydrogens (primary N) is 1. The van der Waals surface area contributed by atoms with Gasteiger partial charge in [-0.1, -0.05) is 18.6 Å². The van der Waals surface area contributed by atoms with Gasteiger partial charge in [-0.3, -0.25) is 9.69 Å². The van der Waals surface area contributed by atoms with Crippen molar-refractivity contribution in [1.29, 1.82) is 0 Å². The van der Waals surface area contributed by atoms with E-state index in [-0.39, 0.29) is 30.2 Å². The summed E-state index contributed by atoms with van der Waals surface area (Å²) < 4.78 is 18.6. The van der Waals surface area contributed by atoms with Crippen LogP contribution < -0.4 is 15.8 Å². The third-order valence-electron chi connectivity index (χ3n) is 4.72. The van der Waals surface area contributed by atoms with Gasteiger partial charge in [-0.15, -0.1) is 12.4 Å². The van der Waals surface area contributed by atoms with Gasteiger partial charge < -0.3 is 15.8 Å². The van der Waals surface area contributed by atoms with Crippen molar-refractivity contribution >= 4 is 24.0 Å². The Morgan fingerprint density at radius 2 is 1.86 bits per heavy atom. The molecule has 0 saturated carbocycles. The highest BCUT2D eigenvalue weighted by Gasteiger charge is 2.28. The second-order valence-corrected chi connectivity index (χ2v) is 6.76. The topological polar surface area (TPSA) is 67.6 Å². The zero-order valence-electron chi connectivity index (χ0n) is 15.8. The Hall–Kier alpha value is -2.15. The number of hydrogen-bond acceptors (Lipinski definition) is 4. The molecular formula is C21H27ClFN3O2. The molecule has 2 aromatic carbocycles. The number of nitrogens with zero attached hydrogens (tertiary/aromatic N) is 1. The van der Waals surface area contributed by atoms with E-state index in [4.69, 9.17) is 10.5 Å². The van der Waals surface area contributed by atoms with Crippen molar-refractivity contribution in [1.82, 2.24) is 4.90 Å². The number of anilines is 1. The van der Waals surface area contributed by atoms with Crippen LogP contribution in [-0.4, -0.2) is 36.5 Å². The summed E-state index contributed by atoms with van der Waals surface area (Å²) in [5.41, 5.74) is 7.18. The monoisotopic (exact) mass is 407 g/mol. The molecule has 1 aliphatic heterocycles. The molecule has 1 saturated heterocycles. The number of carbonyl (C=O) groups excluding carboxylic acids is 1. The van der Waals surface area contributed by atoms with E-state index < -0.39 is 0 Å². The molecule has 1 aliphatic rings. The first kappa shape index (κ1) is 22.1. The SMILES string of the molecule is Cl.NCCOc1ccc(NC(=O)C2CCCCN2Cc2ccc(F)cc2)cc1. The number of rotatable bonds is 7. The van der Waals surface area contributed by atoms with Gasteiger partial charge in [0.05, 0.1) is 6.04 Å².